The third kappa shape index (κ3) is 16.1. The van der Waals surface area contributed by atoms with Crippen molar-refractivity contribution in [3.05, 3.63) is 0 Å². The number of aliphatic hydroxyl groups is 1. The molecule has 0 aromatic heterocycles. The highest BCUT2D eigenvalue weighted by atomic mass is 32.1. The Morgan fingerprint density at radius 3 is 1.70 bits per heavy atom. The monoisotopic (exact) mass is 730 g/mol. The van der Waals surface area contributed by atoms with Crippen LogP contribution in [0, 0.1) is 0 Å². The minimum Gasteiger partial charge on any atom is -0.394 e. The molecule has 1 saturated heterocycles. The van der Waals surface area contributed by atoms with Crippen LogP contribution in [0.25, 0.3) is 0 Å². The summed E-state index contributed by atoms with van der Waals surface area (Å²) in [4.78, 5) is 107. The molecule has 0 unspecified atom stereocenters. The molecule has 0 aromatic carbocycles. The number of nitrogens with two attached hydrogens (primary N) is 3. The maximum atomic E-state index is 13.4. The minimum atomic E-state index is -1.53. The predicted molar refractivity (Wildman–Crippen MR) is 183 cm³/mol. The van der Waals surface area contributed by atoms with Crippen molar-refractivity contribution in [1.82, 2.24) is 42.5 Å². The van der Waals surface area contributed by atoms with E-state index < -0.39 is 103 Å². The maximum absolute atomic E-state index is 13.4. The second-order valence-electron chi connectivity index (χ2n) is 11.4. The van der Waals surface area contributed by atoms with Crippen molar-refractivity contribution in [3.63, 3.8) is 0 Å². The fourth-order valence-electron chi connectivity index (χ4n) is 4.35. The van der Waals surface area contributed by atoms with Crippen LogP contribution in [-0.4, -0.2) is 133 Å². The average Bonchev–Trinajstić information content (AvgIpc) is 3.07. The number of guanidine groups is 1. The van der Waals surface area contributed by atoms with Gasteiger partial charge in [-0.05, 0) is 52.5 Å². The summed E-state index contributed by atoms with van der Waals surface area (Å²) in [5, 5.41) is 28.8. The van der Waals surface area contributed by atoms with Gasteiger partial charge in [0.05, 0.1) is 19.7 Å². The van der Waals surface area contributed by atoms with E-state index >= 15 is 0 Å². The quantitative estimate of drug-likeness (QED) is 0.0432. The van der Waals surface area contributed by atoms with Gasteiger partial charge in [-0.1, -0.05) is 0 Å². The molecule has 0 saturated carbocycles. The van der Waals surface area contributed by atoms with E-state index in [2.05, 4.69) is 60.2 Å². The molecule has 1 aliphatic rings. The Balaban J connectivity index is 3.36. The number of nitrogens with one attached hydrogen (secondary N) is 8. The van der Waals surface area contributed by atoms with Crippen LogP contribution >= 0.6 is 12.6 Å². The van der Waals surface area contributed by atoms with E-state index in [1.807, 2.05) is 0 Å². The zero-order chi connectivity index (χ0) is 37.8. The van der Waals surface area contributed by atoms with Crippen LogP contribution in [0.15, 0.2) is 4.99 Å². The lowest BCUT2D eigenvalue weighted by Crippen LogP contribution is -2.59. The number of hydrogen-bond acceptors (Lipinski definition) is 12. The third-order valence-corrected chi connectivity index (χ3v) is 7.54. The van der Waals surface area contributed by atoms with Gasteiger partial charge in [0.1, 0.15) is 36.3 Å². The van der Waals surface area contributed by atoms with E-state index in [0.717, 1.165) is 0 Å². The molecule has 0 bridgehead atoms. The van der Waals surface area contributed by atoms with Gasteiger partial charge in [-0.3, -0.25) is 43.3 Å². The van der Waals surface area contributed by atoms with Crippen molar-refractivity contribution in [2.24, 2.45) is 22.2 Å². The Labute approximate surface area is 294 Å². The molecule has 8 amide bonds. The third-order valence-electron chi connectivity index (χ3n) is 7.18. The van der Waals surface area contributed by atoms with E-state index in [9.17, 15) is 43.5 Å². The fourth-order valence-corrected chi connectivity index (χ4v) is 4.61. The second-order valence-corrected chi connectivity index (χ2v) is 11.7. The van der Waals surface area contributed by atoms with Crippen LogP contribution in [0.3, 0.4) is 0 Å². The van der Waals surface area contributed by atoms with Crippen molar-refractivity contribution in [1.29, 1.82) is 0 Å². The van der Waals surface area contributed by atoms with Crippen molar-refractivity contribution in [2.75, 3.05) is 38.5 Å². The van der Waals surface area contributed by atoms with Crippen LogP contribution < -0.4 is 59.7 Å². The molecule has 22 heteroatoms. The summed E-state index contributed by atoms with van der Waals surface area (Å²) < 4.78 is 0. The molecule has 6 atom stereocenters. The largest absolute Gasteiger partial charge is 0.394 e. The summed E-state index contributed by atoms with van der Waals surface area (Å²) in [6.45, 7) is 0.941. The first-order valence-electron chi connectivity index (χ1n) is 16.0. The summed E-state index contributed by atoms with van der Waals surface area (Å²) in [5.41, 5.74) is 16.3. The average molecular weight is 731 g/mol. The smallest absolute Gasteiger partial charge is 0.245 e. The lowest BCUT2D eigenvalue weighted by molar-refractivity contribution is -0.135. The van der Waals surface area contributed by atoms with Gasteiger partial charge >= 0.3 is 0 Å². The number of rotatable bonds is 10. The minimum absolute atomic E-state index is 0.00361. The summed E-state index contributed by atoms with van der Waals surface area (Å²) in [6, 6.07) is -7.61. The number of aliphatic hydroxyl groups excluding tert-OH is 1. The predicted octanol–water partition coefficient (Wildman–Crippen LogP) is -6.71. The lowest BCUT2D eigenvalue weighted by Gasteiger charge is -2.25. The first-order chi connectivity index (χ1) is 23.6. The second kappa shape index (κ2) is 22.8. The molecule has 15 N–H and O–H groups in total. The molecule has 0 aromatic rings. The van der Waals surface area contributed by atoms with Crippen molar-refractivity contribution < 1.29 is 43.5 Å². The molecule has 1 heterocycles. The zero-order valence-corrected chi connectivity index (χ0v) is 29.0. The molecule has 1 rings (SSSR count). The van der Waals surface area contributed by atoms with Gasteiger partial charge in [0.15, 0.2) is 5.96 Å². The van der Waals surface area contributed by atoms with Gasteiger partial charge in [0.25, 0.3) is 0 Å². The Morgan fingerprint density at radius 2 is 1.14 bits per heavy atom. The molecular weight excluding hydrogens is 680 g/mol. The Morgan fingerprint density at radius 1 is 0.660 bits per heavy atom. The molecule has 282 valence electrons. The molecule has 1 fully saturated rings. The van der Waals surface area contributed by atoms with Crippen LogP contribution in [-0.2, 0) is 38.4 Å². The van der Waals surface area contributed by atoms with Crippen molar-refractivity contribution in [2.45, 2.75) is 82.2 Å². The van der Waals surface area contributed by atoms with E-state index in [1.165, 1.54) is 13.8 Å². The summed E-state index contributed by atoms with van der Waals surface area (Å²) in [5.74, 6) is -6.87. The van der Waals surface area contributed by atoms with Crippen LogP contribution in [0.5, 0.6) is 0 Å². The molecular formula is C28H50N12O9S. The standard InChI is InChI=1S/C28H50N12O9S/c1-14-22(44)33-10-20(42)37-16(6-3-4-8-29)26(48)39-17(7-5-9-32-28(30)31)25(47)36-15(2)23(45)40-18(12-41)24(46)34-11-21(43)38-19(13-50)27(49)35-14/h14-19,41,50H,3-13,29H2,1-2H3,(H,33,44)(H,34,46)(H,35,49)(H,36,47)(H,37,42)(H,38,43)(H,39,48)(H,40,45)(H4,30,31,32)/t14-,15-,16-,17-,18-,19-/m0/s1. The van der Waals surface area contributed by atoms with E-state index in [-0.39, 0.29) is 37.5 Å². The van der Waals surface area contributed by atoms with Crippen LogP contribution in [0.4, 0.5) is 0 Å². The van der Waals surface area contributed by atoms with E-state index in [0.29, 0.717) is 19.4 Å². The summed E-state index contributed by atoms with van der Waals surface area (Å²) >= 11 is 4.05. The van der Waals surface area contributed by atoms with Gasteiger partial charge in [0.2, 0.25) is 47.3 Å². The number of amides is 8. The van der Waals surface area contributed by atoms with Gasteiger partial charge in [-0.2, -0.15) is 12.6 Å². The van der Waals surface area contributed by atoms with Crippen LogP contribution in [0.1, 0.15) is 46.0 Å². The number of hydrogen-bond donors (Lipinski definition) is 13. The number of nitrogens with zero attached hydrogens (tertiary/aromatic N) is 1. The zero-order valence-electron chi connectivity index (χ0n) is 28.1. The topological polar surface area (TPSA) is 343 Å². The molecule has 0 aliphatic carbocycles. The van der Waals surface area contributed by atoms with E-state index in [1.54, 1.807) is 0 Å². The van der Waals surface area contributed by atoms with Gasteiger partial charge in [-0.15, -0.1) is 0 Å². The first kappa shape index (κ1) is 43.3. The highest BCUT2D eigenvalue weighted by Crippen LogP contribution is 2.05. The molecule has 21 nitrogen and oxygen atoms in total. The number of aliphatic imine (C=N–C) groups is 1. The number of thiol groups is 1. The maximum Gasteiger partial charge on any atom is 0.245 e. The Kier molecular flexibility index (Phi) is 19.8. The first-order valence-corrected chi connectivity index (χ1v) is 16.6. The van der Waals surface area contributed by atoms with E-state index in [4.69, 9.17) is 17.2 Å². The lowest BCUT2D eigenvalue weighted by atomic mass is 10.1. The molecule has 1 aliphatic heterocycles. The SMILES string of the molecule is C[C@@H]1NC(=O)[C@H](CS)NC(=O)CNC(=O)[C@H](CO)NC(=O)[C@H](C)NC(=O)[C@H](CCCN=C(N)N)NC(=O)[C@H](CCCCN)NC(=O)CNC1=O. The molecule has 0 spiro atoms. The summed E-state index contributed by atoms with van der Waals surface area (Å²) in [6.07, 6.45) is 1.28. The number of unbranched alkanes of at least 4 members (excludes halogenated alkanes) is 1. The van der Waals surface area contributed by atoms with Crippen molar-refractivity contribution >= 4 is 65.8 Å². The summed E-state index contributed by atoms with van der Waals surface area (Å²) in [7, 11) is 0. The van der Waals surface area contributed by atoms with Crippen molar-refractivity contribution in [3.8, 4) is 0 Å². The van der Waals surface area contributed by atoms with Crippen LogP contribution in [0.2, 0.25) is 0 Å². The highest BCUT2D eigenvalue weighted by Gasteiger charge is 2.30. The fraction of sp³-hybridized carbons (Fsp3) is 0.679. The molecule has 0 radical (unpaired) electrons. The van der Waals surface area contributed by atoms with Gasteiger partial charge < -0.3 is 64.8 Å². The number of carbonyl (C=O) groups is 8. The normalized spacial score (nSPS) is 25.6. The molecule has 50 heavy (non-hydrogen) atoms. The highest BCUT2D eigenvalue weighted by molar-refractivity contribution is 7.80. The van der Waals surface area contributed by atoms with Gasteiger partial charge in [-0.25, -0.2) is 0 Å². The Hall–Kier alpha value is -4.70. The van der Waals surface area contributed by atoms with Gasteiger partial charge in [0, 0.05) is 12.3 Å². The Bertz CT molecular complexity index is 1250. The number of carbonyl (C=O) groups excluding carboxylic acids is 8.